The van der Waals surface area contributed by atoms with Crippen molar-refractivity contribution >= 4 is 17.6 Å². The van der Waals surface area contributed by atoms with Gasteiger partial charge < -0.3 is 10.1 Å². The SMILES string of the molecule is Cc1ccc(NC(=O)COC(=O)CCc2c(C)nn(CC(C)C)c2C)cc1F. The van der Waals surface area contributed by atoms with Gasteiger partial charge in [-0.25, -0.2) is 4.39 Å². The summed E-state index contributed by atoms with van der Waals surface area (Å²) in [5.74, 6) is -0.885. The third-order valence-electron chi connectivity index (χ3n) is 4.47. The number of aromatic nitrogens is 2. The second-order valence-corrected chi connectivity index (χ2v) is 7.40. The molecule has 0 saturated heterocycles. The Labute approximate surface area is 165 Å². The standard InChI is InChI=1S/C21H28FN3O3/c1-13(2)11-25-16(5)18(15(4)24-25)8-9-21(27)28-12-20(26)23-17-7-6-14(3)19(22)10-17/h6-7,10,13H,8-9,11-12H2,1-5H3,(H,23,26). The summed E-state index contributed by atoms with van der Waals surface area (Å²) in [6.07, 6.45) is 0.681. The van der Waals surface area contributed by atoms with Gasteiger partial charge in [0.2, 0.25) is 0 Å². The zero-order valence-electron chi connectivity index (χ0n) is 17.1. The third-order valence-corrected chi connectivity index (χ3v) is 4.47. The number of ether oxygens (including phenoxy) is 1. The van der Waals surface area contributed by atoms with Crippen LogP contribution in [0, 0.1) is 32.5 Å². The molecule has 0 spiro atoms. The van der Waals surface area contributed by atoms with Crippen LogP contribution in [-0.2, 0) is 27.3 Å². The van der Waals surface area contributed by atoms with E-state index in [9.17, 15) is 14.0 Å². The highest BCUT2D eigenvalue weighted by Crippen LogP contribution is 2.17. The smallest absolute Gasteiger partial charge is 0.306 e. The Balaban J connectivity index is 1.82. The fourth-order valence-electron chi connectivity index (χ4n) is 2.93. The van der Waals surface area contributed by atoms with Gasteiger partial charge in [0, 0.05) is 24.3 Å². The fraction of sp³-hybridized carbons (Fsp3) is 0.476. The molecule has 0 aliphatic rings. The molecule has 0 radical (unpaired) electrons. The van der Waals surface area contributed by atoms with Gasteiger partial charge >= 0.3 is 5.97 Å². The van der Waals surface area contributed by atoms with Gasteiger partial charge in [-0.15, -0.1) is 0 Å². The van der Waals surface area contributed by atoms with Gasteiger partial charge in [0.1, 0.15) is 5.82 Å². The van der Waals surface area contributed by atoms with E-state index in [1.165, 1.54) is 6.07 Å². The van der Waals surface area contributed by atoms with E-state index >= 15 is 0 Å². The number of hydrogen-bond donors (Lipinski definition) is 1. The number of carbonyl (C=O) groups excluding carboxylic acids is 2. The molecule has 152 valence electrons. The summed E-state index contributed by atoms with van der Waals surface area (Å²) in [6, 6.07) is 4.40. The van der Waals surface area contributed by atoms with Crippen molar-refractivity contribution in [2.75, 3.05) is 11.9 Å². The van der Waals surface area contributed by atoms with E-state index in [0.717, 1.165) is 23.5 Å². The molecule has 7 heteroatoms. The maximum atomic E-state index is 13.5. The Morgan fingerprint density at radius 3 is 2.61 bits per heavy atom. The number of anilines is 1. The maximum absolute atomic E-state index is 13.5. The summed E-state index contributed by atoms with van der Waals surface area (Å²) >= 11 is 0. The normalized spacial score (nSPS) is 11.0. The van der Waals surface area contributed by atoms with E-state index in [2.05, 4.69) is 24.3 Å². The highest BCUT2D eigenvalue weighted by atomic mass is 19.1. The van der Waals surface area contributed by atoms with Gasteiger partial charge in [0.15, 0.2) is 6.61 Å². The van der Waals surface area contributed by atoms with Crippen molar-refractivity contribution in [3.05, 3.63) is 46.5 Å². The van der Waals surface area contributed by atoms with E-state index in [1.54, 1.807) is 19.1 Å². The number of hydrogen-bond acceptors (Lipinski definition) is 4. The third kappa shape index (κ3) is 5.90. The van der Waals surface area contributed by atoms with Crippen LogP contribution in [0.2, 0.25) is 0 Å². The molecule has 1 aromatic heterocycles. The van der Waals surface area contributed by atoms with E-state index in [0.29, 0.717) is 23.6 Å². The van der Waals surface area contributed by atoms with Crippen LogP contribution in [-0.4, -0.2) is 28.3 Å². The van der Waals surface area contributed by atoms with Crippen molar-refractivity contribution in [2.45, 2.75) is 54.0 Å². The average Bonchev–Trinajstić information content (AvgIpc) is 2.87. The first-order chi connectivity index (χ1) is 13.2. The number of nitrogens with zero attached hydrogens (tertiary/aromatic N) is 2. The lowest BCUT2D eigenvalue weighted by Gasteiger charge is -2.09. The van der Waals surface area contributed by atoms with Crippen LogP contribution in [0.1, 0.15) is 42.8 Å². The highest BCUT2D eigenvalue weighted by Gasteiger charge is 2.15. The lowest BCUT2D eigenvalue weighted by molar-refractivity contribution is -0.147. The monoisotopic (exact) mass is 389 g/mol. The molecular formula is C21H28FN3O3. The first-order valence-corrected chi connectivity index (χ1v) is 9.42. The lowest BCUT2D eigenvalue weighted by Crippen LogP contribution is -2.21. The molecular weight excluding hydrogens is 361 g/mol. The van der Waals surface area contributed by atoms with Crippen LogP contribution in [0.4, 0.5) is 10.1 Å². The quantitative estimate of drug-likeness (QED) is 0.699. The van der Waals surface area contributed by atoms with E-state index in [-0.39, 0.29) is 6.42 Å². The molecule has 1 amide bonds. The summed E-state index contributed by atoms with van der Waals surface area (Å²) in [5, 5.41) is 7.04. The zero-order valence-corrected chi connectivity index (χ0v) is 17.1. The number of halogens is 1. The van der Waals surface area contributed by atoms with Gasteiger partial charge in [-0.2, -0.15) is 5.10 Å². The highest BCUT2D eigenvalue weighted by molar-refractivity contribution is 5.92. The van der Waals surface area contributed by atoms with Crippen molar-refractivity contribution in [1.29, 1.82) is 0 Å². The van der Waals surface area contributed by atoms with E-state index in [4.69, 9.17) is 4.74 Å². The molecule has 0 aliphatic heterocycles. The summed E-state index contributed by atoms with van der Waals surface area (Å²) in [4.78, 5) is 23.9. The van der Waals surface area contributed by atoms with E-state index < -0.39 is 24.3 Å². The molecule has 1 N–H and O–H groups in total. The van der Waals surface area contributed by atoms with Gasteiger partial charge in [-0.3, -0.25) is 14.3 Å². The predicted octanol–water partition coefficient (Wildman–Crippen LogP) is 3.72. The average molecular weight is 389 g/mol. The van der Waals surface area contributed by atoms with Crippen molar-refractivity contribution in [2.24, 2.45) is 5.92 Å². The Kier molecular flexibility index (Phi) is 7.31. The number of benzene rings is 1. The summed E-state index contributed by atoms with van der Waals surface area (Å²) in [5.41, 5.74) is 3.82. The second kappa shape index (κ2) is 9.48. The van der Waals surface area contributed by atoms with Crippen molar-refractivity contribution in [1.82, 2.24) is 9.78 Å². The number of carbonyl (C=O) groups is 2. The van der Waals surface area contributed by atoms with Crippen LogP contribution < -0.4 is 5.32 Å². The molecule has 2 rings (SSSR count). The first-order valence-electron chi connectivity index (χ1n) is 9.42. The molecule has 28 heavy (non-hydrogen) atoms. The molecule has 1 aromatic carbocycles. The topological polar surface area (TPSA) is 73.2 Å². The molecule has 0 aliphatic carbocycles. The molecule has 0 unspecified atom stereocenters. The number of aryl methyl sites for hydroxylation is 2. The lowest BCUT2D eigenvalue weighted by atomic mass is 10.1. The molecule has 0 saturated carbocycles. The number of amides is 1. The number of esters is 1. The summed E-state index contributed by atoms with van der Waals surface area (Å²) in [7, 11) is 0. The van der Waals surface area contributed by atoms with Crippen LogP contribution in [0.25, 0.3) is 0 Å². The van der Waals surface area contributed by atoms with Crippen LogP contribution >= 0.6 is 0 Å². The van der Waals surface area contributed by atoms with Gasteiger partial charge in [0.05, 0.1) is 5.69 Å². The second-order valence-electron chi connectivity index (χ2n) is 7.40. The molecule has 0 fully saturated rings. The Bertz CT molecular complexity index is 859. The predicted molar refractivity (Wildman–Crippen MR) is 106 cm³/mol. The molecule has 0 bridgehead atoms. The zero-order chi connectivity index (χ0) is 20.8. The van der Waals surface area contributed by atoms with Gasteiger partial charge in [-0.05, 0) is 56.4 Å². The molecule has 0 atom stereocenters. The van der Waals surface area contributed by atoms with Crippen LogP contribution in [0.15, 0.2) is 18.2 Å². The van der Waals surface area contributed by atoms with Crippen LogP contribution in [0.3, 0.4) is 0 Å². The van der Waals surface area contributed by atoms with Crippen molar-refractivity contribution in [3.8, 4) is 0 Å². The van der Waals surface area contributed by atoms with E-state index in [1.807, 2.05) is 18.5 Å². The van der Waals surface area contributed by atoms with Crippen molar-refractivity contribution in [3.63, 3.8) is 0 Å². The summed E-state index contributed by atoms with van der Waals surface area (Å²) < 4.78 is 20.5. The molecule has 1 heterocycles. The van der Waals surface area contributed by atoms with Gasteiger partial charge in [0.25, 0.3) is 5.91 Å². The maximum Gasteiger partial charge on any atom is 0.306 e. The minimum atomic E-state index is -0.506. The summed E-state index contributed by atoms with van der Waals surface area (Å²) in [6.45, 7) is 10.2. The van der Waals surface area contributed by atoms with Gasteiger partial charge in [-0.1, -0.05) is 19.9 Å². The van der Waals surface area contributed by atoms with Crippen molar-refractivity contribution < 1.29 is 18.7 Å². The largest absolute Gasteiger partial charge is 0.456 e. The Morgan fingerprint density at radius 2 is 1.96 bits per heavy atom. The first kappa shape index (κ1) is 21.6. The molecule has 2 aromatic rings. The fourth-order valence-corrected chi connectivity index (χ4v) is 2.93. The van der Waals surface area contributed by atoms with Crippen LogP contribution in [0.5, 0.6) is 0 Å². The molecule has 6 nitrogen and oxygen atoms in total. The minimum Gasteiger partial charge on any atom is -0.456 e. The Hall–Kier alpha value is -2.70. The number of rotatable bonds is 8. The number of nitrogens with one attached hydrogen (secondary N) is 1. The minimum absolute atomic E-state index is 0.168. The Morgan fingerprint density at radius 1 is 1.25 bits per heavy atom.